The molecule has 1 saturated heterocycles. The van der Waals surface area contributed by atoms with E-state index in [9.17, 15) is 0 Å². The van der Waals surface area contributed by atoms with Gasteiger partial charge in [0.15, 0.2) is 0 Å². The molecular weight excluding hydrogens is 248 g/mol. The summed E-state index contributed by atoms with van der Waals surface area (Å²) >= 11 is 0. The molecule has 0 bridgehead atoms. The Labute approximate surface area is 113 Å². The summed E-state index contributed by atoms with van der Waals surface area (Å²) in [6, 6.07) is 0.948. The largest absolute Gasteiger partial charge is 0.396 e. The minimum absolute atomic E-state index is 0.263. The maximum Gasteiger partial charge on any atom is 0.324 e. The molecule has 1 aliphatic heterocycles. The molecule has 0 spiro atoms. The van der Waals surface area contributed by atoms with Crippen LogP contribution >= 0.6 is 0 Å². The minimum atomic E-state index is -1.55. The molecule has 1 rings (SSSR count). The third kappa shape index (κ3) is 7.48. The van der Waals surface area contributed by atoms with Crippen LogP contribution < -0.4 is 0 Å². The van der Waals surface area contributed by atoms with Gasteiger partial charge in [0, 0.05) is 19.3 Å². The van der Waals surface area contributed by atoms with Crippen LogP contribution in [0.2, 0.25) is 6.04 Å². The zero-order chi connectivity index (χ0) is 13.2. The second kappa shape index (κ2) is 9.92. The second-order valence-corrected chi connectivity index (χ2v) is 6.72. The van der Waals surface area contributed by atoms with Crippen LogP contribution in [0.3, 0.4) is 0 Å². The number of hydrogen-bond donors (Lipinski definition) is 0. The molecule has 0 amide bonds. The topological polar surface area (TPSA) is 40.2 Å². The molecule has 108 valence electrons. The molecule has 0 aromatic carbocycles. The van der Waals surface area contributed by atoms with Gasteiger partial charge in [-0.1, -0.05) is 20.8 Å². The first-order valence-corrected chi connectivity index (χ1v) is 9.02. The van der Waals surface area contributed by atoms with Crippen molar-refractivity contribution >= 4 is 9.28 Å². The molecule has 0 N–H and O–H groups in total. The molecule has 4 nitrogen and oxygen atoms in total. The van der Waals surface area contributed by atoms with Crippen molar-refractivity contribution in [1.82, 2.24) is 0 Å². The molecule has 2 atom stereocenters. The van der Waals surface area contributed by atoms with Crippen molar-refractivity contribution < 1.29 is 18.3 Å². The minimum Gasteiger partial charge on any atom is -0.396 e. The van der Waals surface area contributed by atoms with E-state index in [4.69, 9.17) is 18.3 Å². The first-order chi connectivity index (χ1) is 8.80. The van der Waals surface area contributed by atoms with Gasteiger partial charge in [-0.15, -0.1) is 0 Å². The Morgan fingerprint density at radius 2 is 1.78 bits per heavy atom. The number of epoxide rings is 1. The average Bonchev–Trinajstić information content (AvgIpc) is 3.21. The molecule has 2 unspecified atom stereocenters. The molecule has 1 fully saturated rings. The molecule has 0 radical (unpaired) electrons. The van der Waals surface area contributed by atoms with E-state index in [1.165, 1.54) is 0 Å². The van der Waals surface area contributed by atoms with Gasteiger partial charge in [-0.2, -0.15) is 0 Å². The van der Waals surface area contributed by atoms with Crippen molar-refractivity contribution in [3.05, 3.63) is 0 Å². The fourth-order valence-corrected chi connectivity index (χ4v) is 3.92. The Morgan fingerprint density at radius 1 is 1.17 bits per heavy atom. The molecule has 1 heterocycles. The summed E-state index contributed by atoms with van der Waals surface area (Å²) in [5.74, 6) is 0. The summed E-state index contributed by atoms with van der Waals surface area (Å²) < 4.78 is 22.7. The third-order valence-electron chi connectivity index (χ3n) is 2.85. The SMILES string of the molecule is CCCO[SiH](CC(CC)OCC1CO1)OCCC. The molecule has 0 aromatic rings. The maximum atomic E-state index is 5.86. The van der Waals surface area contributed by atoms with Gasteiger partial charge < -0.3 is 18.3 Å². The van der Waals surface area contributed by atoms with Crippen molar-refractivity contribution in [2.45, 2.75) is 58.3 Å². The Kier molecular flexibility index (Phi) is 8.88. The number of hydrogen-bond acceptors (Lipinski definition) is 4. The number of rotatable bonds is 12. The molecule has 0 aliphatic carbocycles. The Hall–Kier alpha value is 0.0569. The fraction of sp³-hybridized carbons (Fsp3) is 1.00. The van der Waals surface area contributed by atoms with E-state index in [0.717, 1.165) is 51.7 Å². The van der Waals surface area contributed by atoms with Gasteiger partial charge in [0.1, 0.15) is 6.10 Å². The highest BCUT2D eigenvalue weighted by molar-refractivity contribution is 6.44. The van der Waals surface area contributed by atoms with Crippen LogP contribution in [0.1, 0.15) is 40.0 Å². The zero-order valence-electron chi connectivity index (χ0n) is 12.0. The summed E-state index contributed by atoms with van der Waals surface area (Å²) in [5, 5.41) is 0. The summed E-state index contributed by atoms with van der Waals surface area (Å²) in [5.41, 5.74) is 0. The fourth-order valence-electron chi connectivity index (χ4n) is 1.66. The molecule has 18 heavy (non-hydrogen) atoms. The second-order valence-electron chi connectivity index (χ2n) is 4.73. The van der Waals surface area contributed by atoms with Crippen molar-refractivity contribution in [2.75, 3.05) is 26.4 Å². The highest BCUT2D eigenvalue weighted by Gasteiger charge is 2.26. The van der Waals surface area contributed by atoms with Gasteiger partial charge in [-0.05, 0) is 19.3 Å². The summed E-state index contributed by atoms with van der Waals surface area (Å²) in [4.78, 5) is 0. The lowest BCUT2D eigenvalue weighted by molar-refractivity contribution is 0.0447. The van der Waals surface area contributed by atoms with Crippen molar-refractivity contribution in [3.8, 4) is 0 Å². The van der Waals surface area contributed by atoms with Gasteiger partial charge in [0.05, 0.1) is 19.3 Å². The van der Waals surface area contributed by atoms with E-state index in [2.05, 4.69) is 20.8 Å². The quantitative estimate of drug-likeness (QED) is 0.405. The van der Waals surface area contributed by atoms with Crippen LogP contribution in [0.25, 0.3) is 0 Å². The predicted octanol–water partition coefficient (Wildman–Crippen LogP) is 2.25. The predicted molar refractivity (Wildman–Crippen MR) is 74.2 cm³/mol. The van der Waals surface area contributed by atoms with Crippen LogP contribution in [0.5, 0.6) is 0 Å². The van der Waals surface area contributed by atoms with Crippen LogP contribution in [0.15, 0.2) is 0 Å². The van der Waals surface area contributed by atoms with Crippen molar-refractivity contribution in [2.24, 2.45) is 0 Å². The van der Waals surface area contributed by atoms with Gasteiger partial charge in [-0.3, -0.25) is 0 Å². The molecule has 5 heteroatoms. The van der Waals surface area contributed by atoms with Crippen molar-refractivity contribution in [1.29, 1.82) is 0 Å². The van der Waals surface area contributed by atoms with Gasteiger partial charge >= 0.3 is 9.28 Å². The first-order valence-electron chi connectivity index (χ1n) is 7.26. The lowest BCUT2D eigenvalue weighted by Crippen LogP contribution is -2.30. The highest BCUT2D eigenvalue weighted by atomic mass is 28.3. The maximum absolute atomic E-state index is 5.86. The lowest BCUT2D eigenvalue weighted by Gasteiger charge is -2.21. The average molecular weight is 276 g/mol. The number of ether oxygens (including phenoxy) is 2. The van der Waals surface area contributed by atoms with Gasteiger partial charge in [0.2, 0.25) is 0 Å². The highest BCUT2D eigenvalue weighted by Crippen LogP contribution is 2.15. The first kappa shape index (κ1) is 16.1. The zero-order valence-corrected chi connectivity index (χ0v) is 13.2. The van der Waals surface area contributed by atoms with E-state index in [-0.39, 0.29) is 6.10 Å². The van der Waals surface area contributed by atoms with E-state index in [1.54, 1.807) is 0 Å². The van der Waals surface area contributed by atoms with Crippen LogP contribution in [0, 0.1) is 0 Å². The molecule has 0 saturated carbocycles. The summed E-state index contributed by atoms with van der Waals surface area (Å²) in [6.45, 7) is 9.61. The normalized spacial score (nSPS) is 20.3. The van der Waals surface area contributed by atoms with E-state index in [1.807, 2.05) is 0 Å². The molecule has 1 aliphatic rings. The third-order valence-corrected chi connectivity index (χ3v) is 4.97. The Bertz CT molecular complexity index is 191. The summed E-state index contributed by atoms with van der Waals surface area (Å²) in [6.07, 6.45) is 3.71. The Morgan fingerprint density at radius 3 is 2.22 bits per heavy atom. The molecule has 0 aromatic heterocycles. The van der Waals surface area contributed by atoms with Crippen LogP contribution in [0.4, 0.5) is 0 Å². The smallest absolute Gasteiger partial charge is 0.324 e. The van der Waals surface area contributed by atoms with Gasteiger partial charge in [-0.25, -0.2) is 0 Å². The standard InChI is InChI=1S/C13H28O4Si/c1-4-7-16-18(17-8-5-2)11-12(6-3)14-9-13-10-15-13/h12-13,18H,4-11H2,1-3H3. The molecular formula is C13H28O4Si. The lowest BCUT2D eigenvalue weighted by atomic mass is 10.3. The summed E-state index contributed by atoms with van der Waals surface area (Å²) in [7, 11) is -1.55. The van der Waals surface area contributed by atoms with E-state index in [0.29, 0.717) is 6.10 Å². The van der Waals surface area contributed by atoms with Crippen molar-refractivity contribution in [3.63, 3.8) is 0 Å². The van der Waals surface area contributed by atoms with E-state index >= 15 is 0 Å². The Balaban J connectivity index is 2.23. The monoisotopic (exact) mass is 276 g/mol. The van der Waals surface area contributed by atoms with Crippen LogP contribution in [-0.4, -0.2) is 47.9 Å². The van der Waals surface area contributed by atoms with Crippen LogP contribution in [-0.2, 0) is 18.3 Å². The van der Waals surface area contributed by atoms with Gasteiger partial charge in [0.25, 0.3) is 0 Å². The van der Waals surface area contributed by atoms with E-state index < -0.39 is 9.28 Å².